The van der Waals surface area contributed by atoms with Gasteiger partial charge in [0.1, 0.15) is 16.9 Å². The van der Waals surface area contributed by atoms with Crippen molar-refractivity contribution in [2.75, 3.05) is 0 Å². The van der Waals surface area contributed by atoms with E-state index in [4.69, 9.17) is 17.5 Å². The minimum absolute atomic E-state index is 0.216. The summed E-state index contributed by atoms with van der Waals surface area (Å²) < 4.78 is 31.6. The van der Waals surface area contributed by atoms with Gasteiger partial charge < -0.3 is 0 Å². The van der Waals surface area contributed by atoms with Crippen LogP contribution in [0.3, 0.4) is 0 Å². The summed E-state index contributed by atoms with van der Waals surface area (Å²) in [7, 11) is -4.67. The van der Waals surface area contributed by atoms with Crippen LogP contribution in [-0.2, 0) is 10.4 Å². The molecule has 0 radical (unpaired) electrons. The molecule has 1 aromatic heterocycles. The van der Waals surface area contributed by atoms with Gasteiger partial charge in [-0.3, -0.25) is 14.1 Å². The van der Waals surface area contributed by atoms with Gasteiger partial charge in [0.25, 0.3) is 0 Å². The number of nitrogens with zero attached hydrogens (tertiary/aromatic N) is 3. The van der Waals surface area contributed by atoms with Crippen molar-refractivity contribution in [3.63, 3.8) is 0 Å². The molecule has 0 saturated carbocycles. The first-order chi connectivity index (χ1) is 8.86. The normalized spacial score (nSPS) is 10.4. The Labute approximate surface area is 106 Å². The number of fused-ring (bicyclic) bond motifs is 1. The predicted molar refractivity (Wildman–Crippen MR) is 66.8 cm³/mol. The van der Waals surface area contributed by atoms with E-state index in [1.165, 1.54) is 18.3 Å². The van der Waals surface area contributed by atoms with Gasteiger partial charge in [-0.1, -0.05) is 0 Å². The monoisotopic (exact) mass is 285 g/mol. The topological polar surface area (TPSA) is 146 Å². The van der Waals surface area contributed by atoms with Gasteiger partial charge in [0.15, 0.2) is 0 Å². The summed E-state index contributed by atoms with van der Waals surface area (Å²) in [5.41, 5.74) is 0.883. The van der Waals surface area contributed by atoms with E-state index in [2.05, 4.69) is 15.3 Å². The van der Waals surface area contributed by atoms with Crippen molar-refractivity contribution >= 4 is 32.7 Å². The van der Waals surface area contributed by atoms with Gasteiger partial charge in [0.05, 0.1) is 0 Å². The molecule has 2 aromatic rings. The van der Waals surface area contributed by atoms with E-state index in [1.807, 2.05) is 0 Å². The molecule has 9 nitrogen and oxygen atoms in total. The molecule has 1 heterocycles. The Morgan fingerprint density at radius 1 is 1.00 bits per heavy atom. The minimum Gasteiger partial charge on any atom is -0.264 e. The molecule has 2 rings (SSSR count). The first-order valence-electron chi connectivity index (χ1n) is 4.61. The smallest absolute Gasteiger partial charge is 0.264 e. The zero-order valence-electron chi connectivity index (χ0n) is 9.16. The highest BCUT2D eigenvalue weighted by Gasteiger charge is 2.06. The van der Waals surface area contributed by atoms with Crippen LogP contribution < -0.4 is 0 Å². The summed E-state index contributed by atoms with van der Waals surface area (Å²) in [5.74, 6) is 0. The Balaban J connectivity index is 0.000000312. The Kier molecular flexibility index (Phi) is 4.69. The second-order valence-corrected chi connectivity index (χ2v) is 4.03. The number of hydrogen-bond acceptors (Lipinski definition) is 7. The maximum Gasteiger partial charge on any atom is 0.394 e. The van der Waals surface area contributed by atoms with E-state index in [-0.39, 0.29) is 11.4 Å². The molecule has 2 N–H and O–H groups in total. The lowest BCUT2D eigenvalue weighted by atomic mass is 10.1. The molecular formula is C9H7N3O6S. The van der Waals surface area contributed by atoms with Crippen LogP contribution in [0.2, 0.25) is 0 Å². The van der Waals surface area contributed by atoms with Crippen LogP contribution in [0.15, 0.2) is 40.8 Å². The van der Waals surface area contributed by atoms with Crippen molar-refractivity contribution in [1.29, 1.82) is 0 Å². The summed E-state index contributed by atoms with van der Waals surface area (Å²) in [5, 5.41) is 6.20. The Morgan fingerprint density at radius 3 is 2.05 bits per heavy atom. The van der Waals surface area contributed by atoms with Crippen molar-refractivity contribution in [3.05, 3.63) is 40.3 Å². The molecule has 0 fully saturated rings. The van der Waals surface area contributed by atoms with Crippen molar-refractivity contribution < 1.29 is 17.5 Å². The van der Waals surface area contributed by atoms with Crippen LogP contribution in [0.5, 0.6) is 0 Å². The first kappa shape index (κ1) is 14.8. The average molecular weight is 285 g/mol. The fourth-order valence-corrected chi connectivity index (χ4v) is 1.30. The first-order valence-corrected chi connectivity index (χ1v) is 6.01. The quantitative estimate of drug-likeness (QED) is 0.635. The Bertz CT molecular complexity index is 660. The highest BCUT2D eigenvalue weighted by molar-refractivity contribution is 7.79. The molecule has 0 aliphatic heterocycles. The van der Waals surface area contributed by atoms with Crippen molar-refractivity contribution in [1.82, 2.24) is 4.98 Å². The van der Waals surface area contributed by atoms with Gasteiger partial charge in [-0.15, -0.1) is 9.81 Å². The zero-order chi connectivity index (χ0) is 14.5. The van der Waals surface area contributed by atoms with Crippen LogP contribution >= 0.6 is 0 Å². The number of aromatic nitrogens is 1. The fourth-order valence-electron chi connectivity index (χ4n) is 1.30. The van der Waals surface area contributed by atoms with Gasteiger partial charge in [-0.25, -0.2) is 0 Å². The lowest BCUT2D eigenvalue weighted by Gasteiger charge is -1.99. The number of rotatable bonds is 2. The Hall–Kier alpha value is -2.30. The van der Waals surface area contributed by atoms with Gasteiger partial charge >= 0.3 is 10.4 Å². The fraction of sp³-hybridized carbons (Fsp3) is 0. The maximum absolute atomic E-state index is 10.4. The molecule has 0 unspecified atom stereocenters. The molecule has 0 amide bonds. The lowest BCUT2D eigenvalue weighted by molar-refractivity contribution is 0.381. The van der Waals surface area contributed by atoms with Crippen LogP contribution in [0.1, 0.15) is 0 Å². The summed E-state index contributed by atoms with van der Waals surface area (Å²) >= 11 is 0. The van der Waals surface area contributed by atoms with E-state index >= 15 is 0 Å². The predicted octanol–water partition coefficient (Wildman–Crippen LogP) is 2.38. The number of benzene rings is 1. The number of pyridine rings is 1. The zero-order valence-corrected chi connectivity index (χ0v) is 9.98. The molecule has 10 heteroatoms. The second kappa shape index (κ2) is 6.04. The molecule has 19 heavy (non-hydrogen) atoms. The molecule has 0 aliphatic carbocycles. The maximum atomic E-state index is 10.4. The lowest BCUT2D eigenvalue weighted by Crippen LogP contribution is -1.89. The Morgan fingerprint density at radius 2 is 1.53 bits per heavy atom. The minimum atomic E-state index is -4.67. The van der Waals surface area contributed by atoms with Crippen molar-refractivity contribution in [3.8, 4) is 0 Å². The van der Waals surface area contributed by atoms with Crippen molar-refractivity contribution in [2.45, 2.75) is 0 Å². The van der Waals surface area contributed by atoms with E-state index in [0.29, 0.717) is 10.9 Å². The highest BCUT2D eigenvalue weighted by atomic mass is 32.3. The number of nitroso groups, excluding NO2 is 2. The molecule has 0 bridgehead atoms. The standard InChI is InChI=1S/C9H5N3O2.H2O4S/c13-11-7-3-4-8(12-14)9-6(7)2-1-5-10-9;1-5(2,3)4/h1-5H;(H2,1,2,3,4). The molecule has 0 spiro atoms. The van der Waals surface area contributed by atoms with Gasteiger partial charge in [-0.2, -0.15) is 8.42 Å². The van der Waals surface area contributed by atoms with Crippen LogP contribution in [0.25, 0.3) is 10.9 Å². The van der Waals surface area contributed by atoms with Gasteiger partial charge in [0, 0.05) is 11.6 Å². The summed E-state index contributed by atoms with van der Waals surface area (Å²) in [6, 6.07) is 6.23. The largest absolute Gasteiger partial charge is 0.394 e. The third-order valence-corrected chi connectivity index (χ3v) is 1.92. The van der Waals surface area contributed by atoms with Crippen LogP contribution in [-0.4, -0.2) is 22.5 Å². The molecule has 0 atom stereocenters. The van der Waals surface area contributed by atoms with Crippen molar-refractivity contribution in [2.24, 2.45) is 10.4 Å². The third kappa shape index (κ3) is 4.46. The molecular weight excluding hydrogens is 278 g/mol. The van der Waals surface area contributed by atoms with E-state index < -0.39 is 10.4 Å². The molecule has 0 aliphatic rings. The summed E-state index contributed by atoms with van der Waals surface area (Å²) in [6.07, 6.45) is 1.53. The van der Waals surface area contributed by atoms with Crippen LogP contribution in [0, 0.1) is 9.81 Å². The average Bonchev–Trinajstić information content (AvgIpc) is 2.35. The third-order valence-electron chi connectivity index (χ3n) is 1.92. The number of hydrogen-bond donors (Lipinski definition) is 2. The van der Waals surface area contributed by atoms with E-state index in [9.17, 15) is 9.81 Å². The van der Waals surface area contributed by atoms with Gasteiger partial charge in [0.2, 0.25) is 0 Å². The molecule has 1 aromatic carbocycles. The van der Waals surface area contributed by atoms with Crippen LogP contribution in [0.4, 0.5) is 11.4 Å². The molecule has 100 valence electrons. The SMILES string of the molecule is O=Nc1ccc(N=O)c2ncccc12.O=S(=O)(O)O. The van der Waals surface area contributed by atoms with E-state index in [1.54, 1.807) is 12.1 Å². The second-order valence-electron chi connectivity index (χ2n) is 3.13. The van der Waals surface area contributed by atoms with E-state index in [0.717, 1.165) is 0 Å². The molecule has 0 saturated heterocycles. The summed E-state index contributed by atoms with van der Waals surface area (Å²) in [4.78, 5) is 24.8. The summed E-state index contributed by atoms with van der Waals surface area (Å²) in [6.45, 7) is 0. The van der Waals surface area contributed by atoms with Gasteiger partial charge in [-0.05, 0) is 34.6 Å². The highest BCUT2D eigenvalue weighted by Crippen LogP contribution is 2.31.